The van der Waals surface area contributed by atoms with Crippen LogP contribution in [-0.4, -0.2) is 34.3 Å². The van der Waals surface area contributed by atoms with Crippen LogP contribution in [0.5, 0.6) is 0 Å². The first-order valence-corrected chi connectivity index (χ1v) is 7.50. The van der Waals surface area contributed by atoms with Gasteiger partial charge in [-0.05, 0) is 38.5 Å². The highest BCUT2D eigenvalue weighted by atomic mass is 16.2. The molecule has 1 saturated heterocycles. The summed E-state index contributed by atoms with van der Waals surface area (Å²) in [6.45, 7) is 16.4. The second-order valence-corrected chi connectivity index (χ2v) is 8.18. The van der Waals surface area contributed by atoms with Crippen molar-refractivity contribution < 1.29 is 9.59 Å². The second-order valence-electron chi connectivity index (χ2n) is 8.18. The predicted octanol–water partition coefficient (Wildman–Crippen LogP) is 2.57. The van der Waals surface area contributed by atoms with Crippen LogP contribution < -0.4 is 5.32 Å². The van der Waals surface area contributed by atoms with Crippen molar-refractivity contribution in [2.45, 2.75) is 79.4 Å². The molecular weight excluding hydrogens is 252 g/mol. The molecule has 0 radical (unpaired) electrons. The third kappa shape index (κ3) is 3.53. The number of piperazine rings is 1. The molecule has 1 aliphatic rings. The van der Waals surface area contributed by atoms with Gasteiger partial charge >= 0.3 is 0 Å². The van der Waals surface area contributed by atoms with E-state index in [0.717, 1.165) is 6.42 Å². The maximum absolute atomic E-state index is 12.6. The van der Waals surface area contributed by atoms with Gasteiger partial charge in [0, 0.05) is 5.54 Å². The lowest BCUT2D eigenvalue weighted by Crippen LogP contribution is -2.69. The van der Waals surface area contributed by atoms with Crippen molar-refractivity contribution in [1.29, 1.82) is 0 Å². The third-order valence-electron chi connectivity index (χ3n) is 3.76. The van der Waals surface area contributed by atoms with Gasteiger partial charge < -0.3 is 10.2 Å². The normalized spacial score (nSPS) is 25.1. The fourth-order valence-corrected chi connectivity index (χ4v) is 3.48. The fraction of sp³-hybridized carbons (Fsp3) is 0.875. The van der Waals surface area contributed by atoms with Gasteiger partial charge in [0.25, 0.3) is 0 Å². The molecule has 0 spiro atoms. The number of amides is 2. The summed E-state index contributed by atoms with van der Waals surface area (Å²) in [6.07, 6.45) is 0.856. The molecule has 1 N–H and O–H groups in total. The number of carbonyl (C=O) groups is 2. The molecule has 1 aliphatic heterocycles. The minimum absolute atomic E-state index is 0.0255. The minimum Gasteiger partial charge on any atom is -0.343 e. The van der Waals surface area contributed by atoms with Gasteiger partial charge in [-0.25, -0.2) is 0 Å². The molecule has 1 fully saturated rings. The quantitative estimate of drug-likeness (QED) is 0.865. The van der Waals surface area contributed by atoms with Crippen molar-refractivity contribution in [3.8, 4) is 0 Å². The topological polar surface area (TPSA) is 49.4 Å². The lowest BCUT2D eigenvalue weighted by Gasteiger charge is -2.50. The summed E-state index contributed by atoms with van der Waals surface area (Å²) >= 11 is 0. The van der Waals surface area contributed by atoms with Crippen molar-refractivity contribution in [3.05, 3.63) is 0 Å². The summed E-state index contributed by atoms with van der Waals surface area (Å²) in [4.78, 5) is 26.8. The zero-order valence-corrected chi connectivity index (χ0v) is 14.2. The maximum Gasteiger partial charge on any atom is 0.245 e. The summed E-state index contributed by atoms with van der Waals surface area (Å²) in [7, 11) is 0. The van der Waals surface area contributed by atoms with Crippen molar-refractivity contribution in [1.82, 2.24) is 10.2 Å². The minimum atomic E-state index is -0.434. The van der Waals surface area contributed by atoms with Gasteiger partial charge in [-0.2, -0.15) is 0 Å². The highest BCUT2D eigenvalue weighted by Crippen LogP contribution is 2.35. The van der Waals surface area contributed by atoms with Crippen LogP contribution in [0.15, 0.2) is 0 Å². The van der Waals surface area contributed by atoms with Crippen LogP contribution >= 0.6 is 0 Å². The van der Waals surface area contributed by atoms with Crippen molar-refractivity contribution in [2.24, 2.45) is 11.3 Å². The zero-order valence-electron chi connectivity index (χ0n) is 14.2. The summed E-state index contributed by atoms with van der Waals surface area (Å²) in [5.74, 6) is 0.0947. The van der Waals surface area contributed by atoms with E-state index < -0.39 is 6.04 Å². The highest BCUT2D eigenvalue weighted by molar-refractivity contribution is 5.97. The Morgan fingerprint density at radius 3 is 2.05 bits per heavy atom. The molecule has 2 atom stereocenters. The molecule has 2 unspecified atom stereocenters. The lowest BCUT2D eigenvalue weighted by atomic mass is 9.78. The number of carbonyl (C=O) groups excluding carboxylic acids is 2. The summed E-state index contributed by atoms with van der Waals surface area (Å²) < 4.78 is 0. The van der Waals surface area contributed by atoms with Crippen molar-refractivity contribution in [2.75, 3.05) is 0 Å². The first-order chi connectivity index (χ1) is 8.87. The van der Waals surface area contributed by atoms with E-state index in [1.165, 1.54) is 0 Å². The maximum atomic E-state index is 12.6. The zero-order chi connectivity index (χ0) is 15.9. The number of hydrogen-bond acceptors (Lipinski definition) is 2. The van der Waals surface area contributed by atoms with Crippen LogP contribution in [0.25, 0.3) is 0 Å². The molecule has 4 nitrogen and oxygen atoms in total. The Labute approximate surface area is 123 Å². The van der Waals surface area contributed by atoms with Gasteiger partial charge in [0.1, 0.15) is 12.1 Å². The molecule has 0 saturated carbocycles. The molecule has 1 rings (SSSR count). The Morgan fingerprint density at radius 2 is 1.65 bits per heavy atom. The van der Waals surface area contributed by atoms with E-state index >= 15 is 0 Å². The Kier molecular flexibility index (Phi) is 4.57. The van der Waals surface area contributed by atoms with Gasteiger partial charge in [-0.1, -0.05) is 34.6 Å². The largest absolute Gasteiger partial charge is 0.343 e. The molecule has 0 aliphatic carbocycles. The predicted molar refractivity (Wildman–Crippen MR) is 81.2 cm³/mol. The first kappa shape index (κ1) is 17.0. The standard InChI is InChI=1S/C16H30N2O2/c1-10(2)12-13(19)17-11(3)14(20)18(12)16(7,8)9-15(4,5)6/h10-12H,9H2,1-8H3,(H,17,19). The molecule has 2 amide bonds. The van der Waals surface area contributed by atoms with Crippen LogP contribution in [-0.2, 0) is 9.59 Å². The Morgan fingerprint density at radius 1 is 1.15 bits per heavy atom. The third-order valence-corrected chi connectivity index (χ3v) is 3.76. The van der Waals surface area contributed by atoms with E-state index in [9.17, 15) is 9.59 Å². The molecule has 0 bridgehead atoms. The number of nitrogens with zero attached hydrogens (tertiary/aromatic N) is 1. The van der Waals surface area contributed by atoms with E-state index in [-0.39, 0.29) is 34.7 Å². The van der Waals surface area contributed by atoms with Crippen LogP contribution in [0.2, 0.25) is 0 Å². The van der Waals surface area contributed by atoms with E-state index in [1.807, 2.05) is 18.7 Å². The van der Waals surface area contributed by atoms with E-state index in [4.69, 9.17) is 0 Å². The van der Waals surface area contributed by atoms with Gasteiger partial charge in [0.2, 0.25) is 11.8 Å². The van der Waals surface area contributed by atoms with Crippen LogP contribution in [0.4, 0.5) is 0 Å². The molecule has 20 heavy (non-hydrogen) atoms. The summed E-state index contributed by atoms with van der Waals surface area (Å²) in [5.41, 5.74) is -0.237. The Bertz CT molecular complexity index is 394. The van der Waals surface area contributed by atoms with Gasteiger partial charge in [0.05, 0.1) is 0 Å². The average molecular weight is 282 g/mol. The van der Waals surface area contributed by atoms with E-state index in [2.05, 4.69) is 39.9 Å². The number of hydrogen-bond donors (Lipinski definition) is 1. The molecule has 1 heterocycles. The second kappa shape index (κ2) is 5.38. The fourth-order valence-electron chi connectivity index (χ4n) is 3.48. The molecular formula is C16H30N2O2. The first-order valence-electron chi connectivity index (χ1n) is 7.50. The lowest BCUT2D eigenvalue weighted by molar-refractivity contribution is -0.158. The summed E-state index contributed by atoms with van der Waals surface area (Å²) in [5, 5.41) is 2.80. The van der Waals surface area contributed by atoms with E-state index in [1.54, 1.807) is 6.92 Å². The average Bonchev–Trinajstić information content (AvgIpc) is 2.18. The SMILES string of the molecule is CC1NC(=O)C(C(C)C)N(C(C)(C)CC(C)(C)C)C1=O. The van der Waals surface area contributed by atoms with Crippen molar-refractivity contribution in [3.63, 3.8) is 0 Å². The number of rotatable bonds is 3. The number of nitrogens with one attached hydrogen (secondary N) is 1. The molecule has 4 heteroatoms. The molecule has 0 aromatic heterocycles. The molecule has 116 valence electrons. The van der Waals surface area contributed by atoms with Crippen LogP contribution in [0, 0.1) is 11.3 Å². The van der Waals surface area contributed by atoms with Crippen molar-refractivity contribution >= 4 is 11.8 Å². The van der Waals surface area contributed by atoms with Gasteiger partial charge in [-0.15, -0.1) is 0 Å². The van der Waals surface area contributed by atoms with Gasteiger partial charge in [-0.3, -0.25) is 9.59 Å². The van der Waals surface area contributed by atoms with Gasteiger partial charge in [0.15, 0.2) is 0 Å². The smallest absolute Gasteiger partial charge is 0.245 e. The Hall–Kier alpha value is -1.06. The monoisotopic (exact) mass is 282 g/mol. The summed E-state index contributed by atoms with van der Waals surface area (Å²) in [6, 6.07) is -0.812. The highest BCUT2D eigenvalue weighted by Gasteiger charge is 2.47. The molecule has 0 aromatic carbocycles. The Balaban J connectivity index is 3.19. The van der Waals surface area contributed by atoms with Crippen LogP contribution in [0.1, 0.15) is 61.8 Å². The van der Waals surface area contributed by atoms with Crippen LogP contribution in [0.3, 0.4) is 0 Å². The molecule has 0 aromatic rings. The van der Waals surface area contributed by atoms with E-state index in [0.29, 0.717) is 0 Å².